The molecule has 1 atom stereocenters. The molecule has 106 valence electrons. The second-order valence-corrected chi connectivity index (χ2v) is 4.43. The van der Waals surface area contributed by atoms with E-state index in [9.17, 15) is 13.2 Å². The smallest absolute Gasteiger partial charge is 0.396 e. The third-order valence-electron chi connectivity index (χ3n) is 2.90. The minimum Gasteiger partial charge on any atom is -0.396 e. The first-order valence-electron chi connectivity index (χ1n) is 6.02. The van der Waals surface area contributed by atoms with Gasteiger partial charge in [-0.05, 0) is 18.6 Å². The molecule has 1 aromatic carbocycles. The largest absolute Gasteiger partial charge is 0.433 e. The Morgan fingerprint density at radius 1 is 1.20 bits per heavy atom. The first-order valence-corrected chi connectivity index (χ1v) is 6.02. The van der Waals surface area contributed by atoms with Crippen molar-refractivity contribution < 1.29 is 13.2 Å². The number of alkyl halides is 3. The summed E-state index contributed by atoms with van der Waals surface area (Å²) in [5.41, 5.74) is 6.07. The van der Waals surface area contributed by atoms with E-state index in [1.54, 1.807) is 0 Å². The maximum Gasteiger partial charge on any atom is 0.433 e. The Hall–Kier alpha value is -2.24. The van der Waals surface area contributed by atoms with Crippen LogP contribution in [0, 0.1) is 0 Å². The Morgan fingerprint density at radius 2 is 1.85 bits per heavy atom. The molecule has 0 aliphatic heterocycles. The van der Waals surface area contributed by atoms with Crippen molar-refractivity contribution in [2.24, 2.45) is 0 Å². The summed E-state index contributed by atoms with van der Waals surface area (Å²) in [7, 11) is 0. The third-order valence-corrected chi connectivity index (χ3v) is 2.90. The van der Waals surface area contributed by atoms with Crippen LogP contribution in [-0.4, -0.2) is 4.98 Å². The lowest BCUT2D eigenvalue weighted by Crippen LogP contribution is -2.12. The van der Waals surface area contributed by atoms with Gasteiger partial charge < -0.3 is 11.1 Å². The zero-order valence-electron chi connectivity index (χ0n) is 10.8. The summed E-state index contributed by atoms with van der Waals surface area (Å²) in [6.07, 6.45) is -3.47. The summed E-state index contributed by atoms with van der Waals surface area (Å²) >= 11 is 0. The van der Waals surface area contributed by atoms with Crippen LogP contribution in [0.1, 0.15) is 24.2 Å². The monoisotopic (exact) mass is 281 g/mol. The van der Waals surface area contributed by atoms with Crippen molar-refractivity contribution in [3.05, 3.63) is 53.9 Å². The predicted octanol–water partition coefficient (Wildman–Crippen LogP) is 3.86. The van der Waals surface area contributed by atoms with Gasteiger partial charge in [-0.2, -0.15) is 13.2 Å². The quantitative estimate of drug-likeness (QED) is 0.898. The fourth-order valence-corrected chi connectivity index (χ4v) is 1.80. The number of nitrogens with two attached hydrogens (primary N) is 1. The molecule has 1 heterocycles. The molecule has 0 radical (unpaired) electrons. The van der Waals surface area contributed by atoms with Crippen molar-refractivity contribution in [3.63, 3.8) is 0 Å². The van der Waals surface area contributed by atoms with Crippen LogP contribution in [0.3, 0.4) is 0 Å². The number of nitrogens with one attached hydrogen (secondary N) is 1. The third kappa shape index (κ3) is 3.20. The second kappa shape index (κ2) is 5.40. The molecule has 0 amide bonds. The number of halogens is 3. The van der Waals surface area contributed by atoms with Crippen molar-refractivity contribution >= 4 is 11.4 Å². The molecule has 2 rings (SSSR count). The first kappa shape index (κ1) is 14.2. The van der Waals surface area contributed by atoms with E-state index in [0.29, 0.717) is 0 Å². The van der Waals surface area contributed by atoms with Gasteiger partial charge in [-0.3, -0.25) is 0 Å². The molecule has 0 aliphatic rings. The average molecular weight is 281 g/mol. The number of hydrogen-bond acceptors (Lipinski definition) is 3. The summed E-state index contributed by atoms with van der Waals surface area (Å²) < 4.78 is 37.9. The normalized spacial score (nSPS) is 13.0. The van der Waals surface area contributed by atoms with Crippen molar-refractivity contribution in [3.8, 4) is 0 Å². The van der Waals surface area contributed by atoms with E-state index in [1.807, 2.05) is 37.3 Å². The zero-order valence-corrected chi connectivity index (χ0v) is 10.8. The molecule has 0 spiro atoms. The van der Waals surface area contributed by atoms with Crippen LogP contribution in [0.25, 0.3) is 0 Å². The van der Waals surface area contributed by atoms with Gasteiger partial charge in [0.25, 0.3) is 0 Å². The minimum atomic E-state index is -4.49. The lowest BCUT2D eigenvalue weighted by Gasteiger charge is -2.18. The zero-order chi connectivity index (χ0) is 14.8. The van der Waals surface area contributed by atoms with Gasteiger partial charge in [0.15, 0.2) is 0 Å². The molecule has 1 aromatic heterocycles. The summed E-state index contributed by atoms with van der Waals surface area (Å²) in [6.45, 7) is 1.85. The summed E-state index contributed by atoms with van der Waals surface area (Å²) in [5.74, 6) is 0. The van der Waals surface area contributed by atoms with E-state index in [-0.39, 0.29) is 17.4 Å². The highest BCUT2D eigenvalue weighted by Gasteiger charge is 2.33. The van der Waals surface area contributed by atoms with Crippen LogP contribution in [0.2, 0.25) is 0 Å². The van der Waals surface area contributed by atoms with Crippen LogP contribution in [0.5, 0.6) is 0 Å². The van der Waals surface area contributed by atoms with Crippen molar-refractivity contribution in [2.45, 2.75) is 19.1 Å². The molecule has 6 heteroatoms. The number of benzene rings is 1. The molecule has 0 bridgehead atoms. The molecular formula is C14H14F3N3. The highest BCUT2D eigenvalue weighted by molar-refractivity contribution is 5.66. The SMILES string of the molecule is CC(Nc1cc(C(F)(F)F)ncc1N)c1ccccc1. The van der Waals surface area contributed by atoms with E-state index in [4.69, 9.17) is 5.73 Å². The number of rotatable bonds is 3. The Kier molecular flexibility index (Phi) is 3.83. The van der Waals surface area contributed by atoms with Gasteiger partial charge in [0.2, 0.25) is 0 Å². The number of nitrogens with zero attached hydrogens (tertiary/aromatic N) is 1. The lowest BCUT2D eigenvalue weighted by atomic mass is 10.1. The van der Waals surface area contributed by atoms with Crippen molar-refractivity contribution in [1.82, 2.24) is 4.98 Å². The Morgan fingerprint density at radius 3 is 2.45 bits per heavy atom. The highest BCUT2D eigenvalue weighted by atomic mass is 19.4. The van der Waals surface area contributed by atoms with Crippen LogP contribution in [0.15, 0.2) is 42.6 Å². The minimum absolute atomic E-state index is 0.165. The van der Waals surface area contributed by atoms with Gasteiger partial charge >= 0.3 is 6.18 Å². The maximum atomic E-state index is 12.6. The summed E-state index contributed by atoms with van der Waals surface area (Å²) in [5, 5.41) is 2.97. The van der Waals surface area contributed by atoms with Crippen LogP contribution < -0.4 is 11.1 Å². The van der Waals surface area contributed by atoms with E-state index in [1.165, 1.54) is 0 Å². The Bertz CT molecular complexity index is 582. The molecule has 0 aliphatic carbocycles. The van der Waals surface area contributed by atoms with Gasteiger partial charge in [-0.15, -0.1) is 0 Å². The first-order chi connectivity index (χ1) is 9.38. The van der Waals surface area contributed by atoms with Gasteiger partial charge in [0, 0.05) is 6.04 Å². The van der Waals surface area contributed by atoms with Crippen LogP contribution in [0.4, 0.5) is 24.5 Å². The van der Waals surface area contributed by atoms with E-state index < -0.39 is 11.9 Å². The predicted molar refractivity (Wildman–Crippen MR) is 72.1 cm³/mol. The molecule has 3 N–H and O–H groups in total. The Labute approximate surface area is 114 Å². The fraction of sp³-hybridized carbons (Fsp3) is 0.214. The fourth-order valence-electron chi connectivity index (χ4n) is 1.80. The van der Waals surface area contributed by atoms with E-state index in [2.05, 4.69) is 10.3 Å². The molecule has 2 aromatic rings. The van der Waals surface area contributed by atoms with Gasteiger partial charge in [0.05, 0.1) is 17.6 Å². The van der Waals surface area contributed by atoms with Gasteiger partial charge in [0.1, 0.15) is 5.69 Å². The Balaban J connectivity index is 2.25. The standard InChI is InChI=1S/C14H14F3N3/c1-9(10-5-3-2-4-6-10)20-12-7-13(14(15,16)17)19-8-11(12)18/h2-9H,18H2,1H3,(H,19,20). The topological polar surface area (TPSA) is 50.9 Å². The lowest BCUT2D eigenvalue weighted by molar-refractivity contribution is -0.141. The number of hydrogen-bond donors (Lipinski definition) is 2. The van der Waals surface area contributed by atoms with E-state index in [0.717, 1.165) is 17.8 Å². The number of aromatic nitrogens is 1. The molecule has 1 unspecified atom stereocenters. The van der Waals surface area contributed by atoms with Crippen molar-refractivity contribution in [1.29, 1.82) is 0 Å². The number of anilines is 2. The molecule has 0 saturated carbocycles. The van der Waals surface area contributed by atoms with Crippen molar-refractivity contribution in [2.75, 3.05) is 11.1 Å². The van der Waals surface area contributed by atoms with Gasteiger partial charge in [-0.1, -0.05) is 30.3 Å². The molecule has 0 fully saturated rings. The van der Waals surface area contributed by atoms with Crippen LogP contribution >= 0.6 is 0 Å². The molecular weight excluding hydrogens is 267 g/mol. The second-order valence-electron chi connectivity index (χ2n) is 4.43. The molecule has 3 nitrogen and oxygen atoms in total. The number of pyridine rings is 1. The highest BCUT2D eigenvalue weighted by Crippen LogP contribution is 2.32. The van der Waals surface area contributed by atoms with Gasteiger partial charge in [-0.25, -0.2) is 4.98 Å². The number of nitrogen functional groups attached to an aromatic ring is 1. The molecule has 0 saturated heterocycles. The average Bonchev–Trinajstić information content (AvgIpc) is 2.41. The molecule has 20 heavy (non-hydrogen) atoms. The van der Waals surface area contributed by atoms with Crippen LogP contribution in [-0.2, 0) is 6.18 Å². The summed E-state index contributed by atoms with van der Waals surface area (Å²) in [4.78, 5) is 3.30. The summed E-state index contributed by atoms with van der Waals surface area (Å²) in [6, 6.07) is 10.1. The van der Waals surface area contributed by atoms with E-state index >= 15 is 0 Å². The maximum absolute atomic E-state index is 12.6.